The lowest BCUT2D eigenvalue weighted by Gasteiger charge is -1.99. The van der Waals surface area contributed by atoms with E-state index in [1.807, 2.05) is 43.7 Å². The summed E-state index contributed by atoms with van der Waals surface area (Å²) < 4.78 is 4.57. The topological polar surface area (TPSA) is 52.2 Å². The highest BCUT2D eigenvalue weighted by Gasteiger charge is 2.13. The van der Waals surface area contributed by atoms with Crippen molar-refractivity contribution >= 4 is 39.1 Å². The molecule has 7 heteroatoms. The third-order valence-corrected chi connectivity index (χ3v) is 4.72. The van der Waals surface area contributed by atoms with E-state index < -0.39 is 0 Å². The summed E-state index contributed by atoms with van der Waals surface area (Å²) >= 11 is 7.46. The predicted octanol–water partition coefficient (Wildman–Crippen LogP) is 3.16. The lowest BCUT2D eigenvalue weighted by atomic mass is 10.3. The molecule has 0 radical (unpaired) electrons. The molecule has 5 nitrogen and oxygen atoms in total. The van der Waals surface area contributed by atoms with Crippen molar-refractivity contribution < 1.29 is 4.79 Å². The van der Waals surface area contributed by atoms with Crippen molar-refractivity contribution in [2.45, 2.75) is 20.4 Å². The van der Waals surface area contributed by atoms with Gasteiger partial charge in [0.1, 0.15) is 5.69 Å². The summed E-state index contributed by atoms with van der Waals surface area (Å²) in [6, 6.07) is 7.40. The van der Waals surface area contributed by atoms with E-state index in [4.69, 9.17) is 11.6 Å². The van der Waals surface area contributed by atoms with E-state index in [-0.39, 0.29) is 5.91 Å². The number of thiazole rings is 1. The fourth-order valence-electron chi connectivity index (χ4n) is 2.32. The van der Waals surface area contributed by atoms with E-state index in [1.54, 1.807) is 10.7 Å². The molecule has 0 unspecified atom stereocenters. The maximum atomic E-state index is 12.4. The van der Waals surface area contributed by atoms with Crippen LogP contribution in [0, 0.1) is 6.92 Å². The van der Waals surface area contributed by atoms with Crippen LogP contribution in [0.2, 0.25) is 5.02 Å². The highest BCUT2D eigenvalue weighted by atomic mass is 35.5. The monoisotopic (exact) mass is 334 g/mol. The molecule has 1 aromatic carbocycles. The van der Waals surface area contributed by atoms with Gasteiger partial charge in [-0.2, -0.15) is 10.1 Å². The average molecular weight is 335 g/mol. The number of amides is 1. The van der Waals surface area contributed by atoms with Crippen molar-refractivity contribution in [2.75, 3.05) is 0 Å². The molecule has 0 aliphatic rings. The van der Waals surface area contributed by atoms with Gasteiger partial charge in [0, 0.05) is 18.6 Å². The Balaban J connectivity index is 2.11. The number of hydrogen-bond acceptors (Lipinski definition) is 3. The van der Waals surface area contributed by atoms with E-state index in [0.717, 1.165) is 15.9 Å². The Morgan fingerprint density at radius 2 is 2.18 bits per heavy atom. The number of aromatic nitrogens is 3. The van der Waals surface area contributed by atoms with Crippen molar-refractivity contribution in [3.05, 3.63) is 45.5 Å². The molecule has 0 N–H and O–H groups in total. The molecule has 1 amide bonds. The normalized spacial score (nSPS) is 12.3. The minimum absolute atomic E-state index is 0.282. The minimum atomic E-state index is -0.282. The highest BCUT2D eigenvalue weighted by molar-refractivity contribution is 7.16. The Kier molecular flexibility index (Phi) is 3.88. The van der Waals surface area contributed by atoms with Crippen LogP contribution in [0.1, 0.15) is 23.1 Å². The van der Waals surface area contributed by atoms with E-state index in [9.17, 15) is 4.79 Å². The van der Waals surface area contributed by atoms with Gasteiger partial charge in [-0.1, -0.05) is 22.9 Å². The standard InChI is InChI=1S/C15H15ClN4OS/c1-4-20-12(7-9(2)18-20)14(21)17-15-19(3)11-6-5-10(16)8-13(11)22-15/h5-8H,4H2,1-3H3. The molecule has 0 fully saturated rings. The van der Waals surface area contributed by atoms with Gasteiger partial charge in [-0.3, -0.25) is 9.48 Å². The van der Waals surface area contributed by atoms with Crippen LogP contribution in [-0.2, 0) is 13.6 Å². The van der Waals surface area contributed by atoms with Gasteiger partial charge in [0.2, 0.25) is 0 Å². The zero-order valence-corrected chi connectivity index (χ0v) is 14.1. The molecule has 114 valence electrons. The summed E-state index contributed by atoms with van der Waals surface area (Å²) in [5.74, 6) is -0.282. The first-order valence-electron chi connectivity index (χ1n) is 6.88. The first-order chi connectivity index (χ1) is 10.5. The largest absolute Gasteiger partial charge is 0.319 e. The molecular weight excluding hydrogens is 320 g/mol. The maximum absolute atomic E-state index is 12.4. The van der Waals surface area contributed by atoms with Crippen molar-refractivity contribution in [2.24, 2.45) is 12.0 Å². The average Bonchev–Trinajstić information content (AvgIpc) is 3.00. The number of carbonyl (C=O) groups excluding carboxylic acids is 1. The Morgan fingerprint density at radius 3 is 2.91 bits per heavy atom. The lowest BCUT2D eigenvalue weighted by Crippen LogP contribution is -2.15. The number of rotatable bonds is 2. The first kappa shape index (κ1) is 15.0. The van der Waals surface area contributed by atoms with E-state index in [1.165, 1.54) is 11.3 Å². The van der Waals surface area contributed by atoms with Crippen molar-refractivity contribution in [1.82, 2.24) is 14.3 Å². The van der Waals surface area contributed by atoms with Gasteiger partial charge in [-0.05, 0) is 38.1 Å². The summed E-state index contributed by atoms with van der Waals surface area (Å²) in [5, 5.41) is 4.96. The van der Waals surface area contributed by atoms with Crippen LogP contribution in [0.4, 0.5) is 0 Å². The Bertz CT molecular complexity index is 935. The maximum Gasteiger partial charge on any atom is 0.297 e. The molecule has 2 heterocycles. The molecule has 3 rings (SSSR count). The Labute approximate surface area is 136 Å². The molecule has 3 aromatic rings. The second-order valence-electron chi connectivity index (χ2n) is 4.96. The smallest absolute Gasteiger partial charge is 0.297 e. The summed E-state index contributed by atoms with van der Waals surface area (Å²) in [7, 11) is 1.89. The van der Waals surface area contributed by atoms with Crippen LogP contribution >= 0.6 is 22.9 Å². The number of halogens is 1. The van der Waals surface area contributed by atoms with Gasteiger partial charge in [-0.25, -0.2) is 0 Å². The third kappa shape index (κ3) is 2.60. The SMILES string of the molecule is CCn1nc(C)cc1C(=O)N=c1sc2cc(Cl)ccc2n1C. The van der Waals surface area contributed by atoms with Crippen LogP contribution in [-0.4, -0.2) is 20.3 Å². The molecule has 0 saturated heterocycles. The summed E-state index contributed by atoms with van der Waals surface area (Å²) in [6.45, 7) is 4.45. The zero-order valence-electron chi connectivity index (χ0n) is 12.5. The van der Waals surface area contributed by atoms with Gasteiger partial charge in [0.25, 0.3) is 5.91 Å². The fourth-order valence-corrected chi connectivity index (χ4v) is 3.61. The number of fused-ring (bicyclic) bond motifs is 1. The van der Waals surface area contributed by atoms with Crippen molar-refractivity contribution in [3.63, 3.8) is 0 Å². The molecular formula is C15H15ClN4OS. The number of hydrogen-bond donors (Lipinski definition) is 0. The summed E-state index contributed by atoms with van der Waals surface area (Å²) in [5.41, 5.74) is 2.32. The molecule has 0 spiro atoms. The molecule has 0 atom stereocenters. The Hall–Kier alpha value is -1.92. The van der Waals surface area contributed by atoms with Crippen LogP contribution in [0.15, 0.2) is 29.3 Å². The van der Waals surface area contributed by atoms with Crippen molar-refractivity contribution in [3.8, 4) is 0 Å². The van der Waals surface area contributed by atoms with Crippen molar-refractivity contribution in [1.29, 1.82) is 0 Å². The minimum Gasteiger partial charge on any atom is -0.319 e. The zero-order chi connectivity index (χ0) is 15.9. The second-order valence-corrected chi connectivity index (χ2v) is 6.40. The number of benzene rings is 1. The summed E-state index contributed by atoms with van der Waals surface area (Å²) in [6.07, 6.45) is 0. The molecule has 0 aliphatic heterocycles. The van der Waals surface area contributed by atoms with Gasteiger partial charge >= 0.3 is 0 Å². The van der Waals surface area contributed by atoms with Crippen LogP contribution in [0.5, 0.6) is 0 Å². The molecule has 0 saturated carbocycles. The number of aryl methyl sites for hydroxylation is 3. The van der Waals surface area contributed by atoms with Crippen LogP contribution in [0.25, 0.3) is 10.2 Å². The predicted molar refractivity (Wildman–Crippen MR) is 88.3 cm³/mol. The molecule has 0 aliphatic carbocycles. The van der Waals surface area contributed by atoms with Gasteiger partial charge in [0.15, 0.2) is 4.80 Å². The van der Waals surface area contributed by atoms with E-state index >= 15 is 0 Å². The third-order valence-electron chi connectivity index (χ3n) is 3.39. The van der Waals surface area contributed by atoms with Gasteiger partial charge in [-0.15, -0.1) is 0 Å². The molecule has 2 aromatic heterocycles. The number of nitrogens with zero attached hydrogens (tertiary/aromatic N) is 4. The van der Waals surface area contributed by atoms with Gasteiger partial charge in [0.05, 0.1) is 15.9 Å². The highest BCUT2D eigenvalue weighted by Crippen LogP contribution is 2.21. The lowest BCUT2D eigenvalue weighted by molar-refractivity contribution is 0.0988. The molecule has 22 heavy (non-hydrogen) atoms. The van der Waals surface area contributed by atoms with E-state index in [0.29, 0.717) is 22.1 Å². The van der Waals surface area contributed by atoms with Gasteiger partial charge < -0.3 is 4.57 Å². The van der Waals surface area contributed by atoms with Crippen LogP contribution in [0.3, 0.4) is 0 Å². The van der Waals surface area contributed by atoms with E-state index in [2.05, 4.69) is 10.1 Å². The first-order valence-corrected chi connectivity index (χ1v) is 8.07. The quantitative estimate of drug-likeness (QED) is 0.723. The fraction of sp³-hybridized carbons (Fsp3) is 0.267. The second kappa shape index (κ2) is 5.70. The Morgan fingerprint density at radius 1 is 1.41 bits per heavy atom. The molecule has 0 bridgehead atoms. The summed E-state index contributed by atoms with van der Waals surface area (Å²) in [4.78, 5) is 17.3. The van der Waals surface area contributed by atoms with Crippen LogP contribution < -0.4 is 4.80 Å². The number of carbonyl (C=O) groups is 1.